The lowest BCUT2D eigenvalue weighted by atomic mass is 10.1. The van der Waals surface area contributed by atoms with E-state index in [2.05, 4.69) is 37.1 Å². The molecule has 1 aliphatic heterocycles. The summed E-state index contributed by atoms with van der Waals surface area (Å²) in [7, 11) is 1.68. The van der Waals surface area contributed by atoms with Gasteiger partial charge in [-0.05, 0) is 38.1 Å². The quantitative estimate of drug-likeness (QED) is 0.518. The molecule has 1 aliphatic rings. The average molecular weight is 406 g/mol. The van der Waals surface area contributed by atoms with E-state index < -0.39 is 0 Å². The maximum atomic E-state index is 5.50. The first kappa shape index (κ1) is 23.3. The number of rotatable bonds is 6. The molecule has 0 aliphatic carbocycles. The zero-order chi connectivity index (χ0) is 21.9. The fourth-order valence-electron chi connectivity index (χ4n) is 3.22. The number of methoxy groups -OCH3 is 1. The highest BCUT2D eigenvalue weighted by atomic mass is 16.5. The predicted molar refractivity (Wildman–Crippen MR) is 129 cm³/mol. The van der Waals surface area contributed by atoms with Gasteiger partial charge in [-0.3, -0.25) is 0 Å². The number of fused-ring (bicyclic) bond motifs is 1. The molecule has 0 radical (unpaired) electrons. The van der Waals surface area contributed by atoms with Gasteiger partial charge >= 0.3 is 0 Å². The molecule has 0 saturated carbocycles. The van der Waals surface area contributed by atoms with Crippen LogP contribution in [0.2, 0.25) is 0 Å². The Balaban J connectivity index is 0.000000575. The van der Waals surface area contributed by atoms with Crippen LogP contribution in [0.3, 0.4) is 0 Å². The summed E-state index contributed by atoms with van der Waals surface area (Å²) < 4.78 is 5.50. The van der Waals surface area contributed by atoms with Gasteiger partial charge in [0.15, 0.2) is 6.17 Å². The van der Waals surface area contributed by atoms with E-state index in [0.29, 0.717) is 0 Å². The summed E-state index contributed by atoms with van der Waals surface area (Å²) in [5.74, 6) is 1.61. The second-order valence-electron chi connectivity index (χ2n) is 7.54. The highest BCUT2D eigenvalue weighted by Crippen LogP contribution is 2.33. The van der Waals surface area contributed by atoms with Crippen molar-refractivity contribution in [3.63, 3.8) is 0 Å². The third-order valence-electron chi connectivity index (χ3n) is 4.62. The SMILES string of the molecule is C=C(C=C(C)C)NC1=NC(c2ccccc2OC)Nc2ccccc21.CCCCC. The van der Waals surface area contributed by atoms with Crippen LogP contribution in [-0.2, 0) is 0 Å². The number of nitrogens with zero attached hydrogens (tertiary/aromatic N) is 1. The van der Waals surface area contributed by atoms with Crippen molar-refractivity contribution in [3.8, 4) is 5.75 Å². The first-order chi connectivity index (χ1) is 14.5. The van der Waals surface area contributed by atoms with Crippen LogP contribution in [0.4, 0.5) is 5.69 Å². The van der Waals surface area contributed by atoms with Crippen LogP contribution in [-0.4, -0.2) is 12.9 Å². The Morgan fingerprint density at radius 3 is 2.40 bits per heavy atom. The number of benzene rings is 2. The minimum atomic E-state index is -0.229. The van der Waals surface area contributed by atoms with Gasteiger partial charge in [0, 0.05) is 22.5 Å². The van der Waals surface area contributed by atoms with E-state index in [1.165, 1.54) is 24.8 Å². The van der Waals surface area contributed by atoms with Gasteiger partial charge in [0.1, 0.15) is 11.6 Å². The third kappa shape index (κ3) is 6.51. The largest absolute Gasteiger partial charge is 0.496 e. The topological polar surface area (TPSA) is 45.7 Å². The molecule has 30 heavy (non-hydrogen) atoms. The number of amidine groups is 1. The number of anilines is 1. The Labute approximate surface area is 181 Å². The molecular weight excluding hydrogens is 370 g/mol. The van der Waals surface area contributed by atoms with E-state index >= 15 is 0 Å². The van der Waals surface area contributed by atoms with E-state index in [1.54, 1.807) is 7.11 Å². The molecule has 2 N–H and O–H groups in total. The molecule has 0 saturated heterocycles. The maximum absolute atomic E-state index is 5.50. The molecule has 1 atom stereocenters. The van der Waals surface area contributed by atoms with Gasteiger partial charge in [-0.1, -0.05) is 75.6 Å². The minimum Gasteiger partial charge on any atom is -0.496 e. The van der Waals surface area contributed by atoms with E-state index in [1.807, 2.05) is 62.4 Å². The number of hydrogen-bond donors (Lipinski definition) is 2. The van der Waals surface area contributed by atoms with Crippen molar-refractivity contribution in [1.29, 1.82) is 0 Å². The summed E-state index contributed by atoms with van der Waals surface area (Å²) in [5.41, 5.74) is 5.04. The molecule has 160 valence electrons. The highest BCUT2D eigenvalue weighted by molar-refractivity contribution is 6.06. The number of para-hydroxylation sites is 2. The van der Waals surface area contributed by atoms with Crippen molar-refractivity contribution >= 4 is 11.5 Å². The number of aliphatic imine (C=N–C) groups is 1. The lowest BCUT2D eigenvalue weighted by Crippen LogP contribution is -2.29. The fraction of sp³-hybridized carbons (Fsp3) is 0.346. The van der Waals surface area contributed by atoms with Gasteiger partial charge in [0.05, 0.1) is 7.11 Å². The zero-order valence-electron chi connectivity index (χ0n) is 19.0. The molecule has 0 aromatic heterocycles. The van der Waals surface area contributed by atoms with Crippen LogP contribution >= 0.6 is 0 Å². The van der Waals surface area contributed by atoms with Crippen LogP contribution in [0, 0.1) is 0 Å². The molecule has 1 unspecified atom stereocenters. The van der Waals surface area contributed by atoms with Gasteiger partial charge in [-0.2, -0.15) is 0 Å². The zero-order valence-corrected chi connectivity index (χ0v) is 19.0. The standard InChI is InChI=1S/C21H23N3O.C5H12/c1-14(2)13-15(3)22-20-16-9-5-7-11-18(16)23-21(24-20)17-10-6-8-12-19(17)25-4;1-3-5-4-2/h5-13,21,23H,3H2,1-2,4H3,(H,22,24);3-5H2,1-2H3. The summed E-state index contributed by atoms with van der Waals surface area (Å²) in [6.45, 7) is 12.6. The lowest BCUT2D eigenvalue weighted by molar-refractivity contribution is 0.407. The Kier molecular flexibility index (Phi) is 9.20. The van der Waals surface area contributed by atoms with Crippen molar-refractivity contribution < 1.29 is 4.74 Å². The average Bonchev–Trinajstić information content (AvgIpc) is 2.74. The molecule has 0 spiro atoms. The van der Waals surface area contributed by atoms with Gasteiger partial charge < -0.3 is 15.4 Å². The van der Waals surface area contributed by atoms with Gasteiger partial charge in [-0.15, -0.1) is 0 Å². The first-order valence-electron chi connectivity index (χ1n) is 10.7. The highest BCUT2D eigenvalue weighted by Gasteiger charge is 2.23. The maximum Gasteiger partial charge on any atom is 0.150 e. The van der Waals surface area contributed by atoms with E-state index in [4.69, 9.17) is 9.73 Å². The number of unbranched alkanes of at least 4 members (excludes halogenated alkanes) is 2. The first-order valence-corrected chi connectivity index (χ1v) is 10.7. The van der Waals surface area contributed by atoms with Gasteiger partial charge in [-0.25, -0.2) is 4.99 Å². The molecule has 1 heterocycles. The Morgan fingerprint density at radius 2 is 1.77 bits per heavy atom. The van der Waals surface area contributed by atoms with Crippen LogP contribution < -0.4 is 15.4 Å². The molecule has 2 aromatic carbocycles. The summed E-state index contributed by atoms with van der Waals surface area (Å²) in [5, 5.41) is 6.82. The van der Waals surface area contributed by atoms with Gasteiger partial charge in [0.25, 0.3) is 0 Å². The second-order valence-corrected chi connectivity index (χ2v) is 7.54. The summed E-state index contributed by atoms with van der Waals surface area (Å²) in [6, 6.07) is 16.0. The molecule has 0 amide bonds. The number of allylic oxidation sites excluding steroid dienone is 2. The molecule has 2 aromatic rings. The summed E-state index contributed by atoms with van der Waals surface area (Å²) >= 11 is 0. The minimum absolute atomic E-state index is 0.229. The smallest absolute Gasteiger partial charge is 0.150 e. The molecule has 3 rings (SSSR count). The number of ether oxygens (including phenoxy) is 1. The van der Waals surface area contributed by atoms with Gasteiger partial charge in [0.2, 0.25) is 0 Å². The molecule has 0 fully saturated rings. The van der Waals surface area contributed by atoms with Crippen molar-refractivity contribution in [2.75, 3.05) is 12.4 Å². The van der Waals surface area contributed by atoms with Crippen molar-refractivity contribution in [3.05, 3.63) is 83.6 Å². The van der Waals surface area contributed by atoms with E-state index in [0.717, 1.165) is 34.1 Å². The predicted octanol–water partition coefficient (Wildman–Crippen LogP) is 6.83. The van der Waals surface area contributed by atoms with Crippen molar-refractivity contribution in [2.45, 2.75) is 53.1 Å². The second kappa shape index (κ2) is 11.9. The normalized spacial score (nSPS) is 14.2. The third-order valence-corrected chi connectivity index (χ3v) is 4.62. The lowest BCUT2D eigenvalue weighted by Gasteiger charge is -2.27. The van der Waals surface area contributed by atoms with Crippen LogP contribution in [0.15, 0.2) is 77.4 Å². The van der Waals surface area contributed by atoms with Crippen molar-refractivity contribution in [2.24, 2.45) is 4.99 Å². The molecule has 0 bridgehead atoms. The Bertz CT molecular complexity index is 893. The summed E-state index contributed by atoms with van der Waals surface area (Å²) in [4.78, 5) is 4.87. The molecular formula is C26H35N3O. The van der Waals surface area contributed by atoms with Crippen LogP contribution in [0.1, 0.15) is 64.3 Å². The number of hydrogen-bond acceptors (Lipinski definition) is 4. The van der Waals surface area contributed by atoms with E-state index in [-0.39, 0.29) is 6.17 Å². The van der Waals surface area contributed by atoms with E-state index in [9.17, 15) is 0 Å². The Morgan fingerprint density at radius 1 is 1.10 bits per heavy atom. The fourth-order valence-corrected chi connectivity index (χ4v) is 3.22. The monoisotopic (exact) mass is 405 g/mol. The Hall–Kier alpha value is -3.01. The number of nitrogens with one attached hydrogen (secondary N) is 2. The molecule has 4 nitrogen and oxygen atoms in total. The van der Waals surface area contributed by atoms with Crippen LogP contribution in [0.25, 0.3) is 0 Å². The molecule has 4 heteroatoms. The van der Waals surface area contributed by atoms with Crippen molar-refractivity contribution in [1.82, 2.24) is 5.32 Å². The van der Waals surface area contributed by atoms with Crippen LogP contribution in [0.5, 0.6) is 5.75 Å². The summed E-state index contributed by atoms with van der Waals surface area (Å²) in [6.07, 6.45) is 5.85.